The lowest BCUT2D eigenvalue weighted by Crippen LogP contribution is -2.31. The van der Waals surface area contributed by atoms with Crippen LogP contribution >= 0.6 is 24.0 Å². The first-order valence-electron chi connectivity index (χ1n) is 7.68. The number of thioether (sulfide) groups is 1. The molecule has 1 saturated heterocycles. The smallest absolute Gasteiger partial charge is 0.307 e. The maximum Gasteiger partial charge on any atom is 0.307 e. The number of likely N-dealkylation sites (N-methyl/N-ethyl adjacent to an activating group) is 1. The largest absolute Gasteiger partial charge is 0.464 e. The van der Waals surface area contributed by atoms with Gasteiger partial charge in [-0.15, -0.1) is 0 Å². The average molecular weight is 382 g/mol. The van der Waals surface area contributed by atoms with Crippen molar-refractivity contribution in [1.29, 1.82) is 0 Å². The number of ether oxygens (including phenoxy) is 1. The summed E-state index contributed by atoms with van der Waals surface area (Å²) >= 11 is 6.38. The van der Waals surface area contributed by atoms with E-state index in [2.05, 4.69) is 0 Å². The number of hydrogen-bond donors (Lipinski definition) is 0. The molecule has 0 atom stereocenters. The highest BCUT2D eigenvalue weighted by Crippen LogP contribution is 2.32. The second-order valence-electron chi connectivity index (χ2n) is 5.66. The molecule has 0 bridgehead atoms. The molecule has 5 nitrogen and oxygen atoms in total. The summed E-state index contributed by atoms with van der Waals surface area (Å²) in [5.74, 6) is -0.948. The third-order valence-electron chi connectivity index (χ3n) is 3.38. The van der Waals surface area contributed by atoms with Gasteiger partial charge in [0.2, 0.25) is 0 Å². The molecule has 1 aliphatic heterocycles. The predicted molar refractivity (Wildman–Crippen MR) is 100 cm³/mol. The molecule has 0 spiro atoms. The van der Waals surface area contributed by atoms with Gasteiger partial charge in [0.15, 0.2) is 0 Å². The van der Waals surface area contributed by atoms with Gasteiger partial charge in [-0.25, -0.2) is 4.39 Å². The summed E-state index contributed by atoms with van der Waals surface area (Å²) < 4.78 is 18.4. The Kier molecular flexibility index (Phi) is 7.10. The minimum Gasteiger partial charge on any atom is -0.464 e. The van der Waals surface area contributed by atoms with Crippen molar-refractivity contribution in [2.45, 2.75) is 6.42 Å². The highest BCUT2D eigenvalue weighted by atomic mass is 32.2. The van der Waals surface area contributed by atoms with E-state index in [9.17, 15) is 14.0 Å². The molecule has 2 rings (SSSR count). The van der Waals surface area contributed by atoms with Gasteiger partial charge >= 0.3 is 5.97 Å². The minimum absolute atomic E-state index is 0.0870. The van der Waals surface area contributed by atoms with E-state index in [0.717, 1.165) is 0 Å². The van der Waals surface area contributed by atoms with Crippen molar-refractivity contribution in [2.75, 3.05) is 33.8 Å². The maximum atomic E-state index is 12.9. The Labute approximate surface area is 155 Å². The molecule has 8 heteroatoms. The zero-order valence-electron chi connectivity index (χ0n) is 14.0. The van der Waals surface area contributed by atoms with Crippen LogP contribution in [-0.4, -0.2) is 59.8 Å². The Morgan fingerprint density at radius 1 is 1.36 bits per heavy atom. The van der Waals surface area contributed by atoms with E-state index in [1.807, 2.05) is 19.0 Å². The van der Waals surface area contributed by atoms with Crippen molar-refractivity contribution < 1.29 is 18.7 Å². The van der Waals surface area contributed by atoms with E-state index < -0.39 is 0 Å². The molecule has 1 aromatic carbocycles. The van der Waals surface area contributed by atoms with Gasteiger partial charge < -0.3 is 9.64 Å². The first-order chi connectivity index (χ1) is 11.9. The number of carbonyl (C=O) groups excluding carboxylic acids is 2. The van der Waals surface area contributed by atoms with E-state index in [1.54, 1.807) is 18.2 Å². The Hall–Kier alpha value is -1.77. The fraction of sp³-hybridized carbons (Fsp3) is 0.353. The summed E-state index contributed by atoms with van der Waals surface area (Å²) in [4.78, 5) is 27.9. The fourth-order valence-corrected chi connectivity index (χ4v) is 3.33. The van der Waals surface area contributed by atoms with Crippen LogP contribution in [0.1, 0.15) is 12.0 Å². The lowest BCUT2D eigenvalue weighted by Gasteiger charge is -2.14. The molecule has 1 fully saturated rings. The number of benzene rings is 1. The van der Waals surface area contributed by atoms with Crippen molar-refractivity contribution in [3.05, 3.63) is 40.6 Å². The molecule has 1 aliphatic rings. The van der Waals surface area contributed by atoms with Crippen LogP contribution in [0.4, 0.5) is 4.39 Å². The van der Waals surface area contributed by atoms with Crippen molar-refractivity contribution in [3.8, 4) is 0 Å². The molecule has 1 heterocycles. The van der Waals surface area contributed by atoms with Gasteiger partial charge in [0.05, 0.1) is 11.3 Å². The number of thiocarbonyl (C=S) groups is 1. The van der Waals surface area contributed by atoms with Crippen LogP contribution in [0.25, 0.3) is 6.08 Å². The topological polar surface area (TPSA) is 49.9 Å². The van der Waals surface area contributed by atoms with Crippen molar-refractivity contribution >= 4 is 46.3 Å². The van der Waals surface area contributed by atoms with E-state index in [1.165, 1.54) is 28.8 Å². The fourth-order valence-electron chi connectivity index (χ4n) is 2.02. The summed E-state index contributed by atoms with van der Waals surface area (Å²) in [7, 11) is 3.78. The van der Waals surface area contributed by atoms with E-state index >= 15 is 0 Å². The first kappa shape index (κ1) is 19.6. The van der Waals surface area contributed by atoms with Crippen molar-refractivity contribution in [1.82, 2.24) is 9.80 Å². The van der Waals surface area contributed by atoms with Crippen molar-refractivity contribution in [2.24, 2.45) is 0 Å². The second kappa shape index (κ2) is 9.07. The normalized spacial score (nSPS) is 16.2. The standard InChI is InChI=1S/C17H19FN2O3S2/c1-19(2)9-10-23-15(21)7-8-20-16(22)14(25-17(20)24)11-12-3-5-13(18)6-4-12/h3-6,11H,7-10H2,1-2H3/b14-11-. The van der Waals surface area contributed by atoms with Crippen molar-refractivity contribution in [3.63, 3.8) is 0 Å². The molecule has 1 amide bonds. The van der Waals surface area contributed by atoms with Crippen LogP contribution in [0.5, 0.6) is 0 Å². The Bertz CT molecular complexity index is 690. The number of hydrogen-bond acceptors (Lipinski definition) is 6. The SMILES string of the molecule is CN(C)CCOC(=O)CCN1C(=O)/C(=C/c2ccc(F)cc2)SC1=S. The molecule has 1 aromatic rings. The molecule has 0 N–H and O–H groups in total. The maximum absolute atomic E-state index is 12.9. The van der Waals surface area contributed by atoms with Gasteiger partial charge in [0.1, 0.15) is 16.7 Å². The third kappa shape index (κ3) is 5.91. The van der Waals surface area contributed by atoms with Crippen LogP contribution in [0.2, 0.25) is 0 Å². The van der Waals surface area contributed by atoms with Crippen LogP contribution in [0.3, 0.4) is 0 Å². The summed E-state index contributed by atoms with van der Waals surface area (Å²) in [6, 6.07) is 5.83. The predicted octanol–water partition coefficient (Wildman–Crippen LogP) is 2.52. The van der Waals surface area contributed by atoms with E-state index in [-0.39, 0.29) is 30.7 Å². The summed E-state index contributed by atoms with van der Waals surface area (Å²) in [6.07, 6.45) is 1.75. The first-order valence-corrected chi connectivity index (χ1v) is 8.90. The number of amides is 1. The third-order valence-corrected chi connectivity index (χ3v) is 4.76. The Morgan fingerprint density at radius 2 is 2.04 bits per heavy atom. The zero-order chi connectivity index (χ0) is 18.4. The highest BCUT2D eigenvalue weighted by Gasteiger charge is 2.32. The van der Waals surface area contributed by atoms with Crippen LogP contribution in [0.15, 0.2) is 29.2 Å². The van der Waals surface area contributed by atoms with Crippen LogP contribution < -0.4 is 0 Å². The van der Waals surface area contributed by atoms with E-state index in [0.29, 0.717) is 27.9 Å². The summed E-state index contributed by atoms with van der Waals surface area (Å²) in [5, 5.41) is 0. The number of esters is 1. The van der Waals surface area contributed by atoms with Gasteiger partial charge in [-0.1, -0.05) is 36.1 Å². The molecule has 0 radical (unpaired) electrons. The minimum atomic E-state index is -0.363. The lowest BCUT2D eigenvalue weighted by atomic mass is 10.2. The van der Waals surface area contributed by atoms with Gasteiger partial charge in [-0.3, -0.25) is 14.5 Å². The summed E-state index contributed by atoms with van der Waals surface area (Å²) in [6.45, 7) is 1.15. The van der Waals surface area contributed by atoms with Gasteiger partial charge in [0, 0.05) is 13.1 Å². The zero-order valence-corrected chi connectivity index (χ0v) is 15.7. The second-order valence-corrected chi connectivity index (χ2v) is 7.33. The number of nitrogens with zero attached hydrogens (tertiary/aromatic N) is 2. The number of halogens is 1. The van der Waals surface area contributed by atoms with Crippen LogP contribution in [-0.2, 0) is 14.3 Å². The monoisotopic (exact) mass is 382 g/mol. The molecular weight excluding hydrogens is 363 g/mol. The summed E-state index contributed by atoms with van der Waals surface area (Å²) in [5.41, 5.74) is 0.713. The quantitative estimate of drug-likeness (QED) is 0.410. The van der Waals surface area contributed by atoms with Gasteiger partial charge in [-0.05, 0) is 37.9 Å². The van der Waals surface area contributed by atoms with Gasteiger partial charge in [0.25, 0.3) is 5.91 Å². The molecule has 25 heavy (non-hydrogen) atoms. The number of rotatable bonds is 7. The molecular formula is C17H19FN2O3S2. The van der Waals surface area contributed by atoms with Crippen LogP contribution in [0, 0.1) is 5.82 Å². The Morgan fingerprint density at radius 3 is 2.68 bits per heavy atom. The number of carbonyl (C=O) groups is 2. The van der Waals surface area contributed by atoms with E-state index in [4.69, 9.17) is 17.0 Å². The lowest BCUT2D eigenvalue weighted by molar-refractivity contribution is -0.144. The molecule has 134 valence electrons. The molecule has 0 saturated carbocycles. The highest BCUT2D eigenvalue weighted by molar-refractivity contribution is 8.26. The Balaban J connectivity index is 1.90. The molecule has 0 aliphatic carbocycles. The molecule has 0 aromatic heterocycles. The van der Waals surface area contributed by atoms with Gasteiger partial charge in [-0.2, -0.15) is 0 Å². The molecule has 0 unspecified atom stereocenters. The average Bonchev–Trinajstić information content (AvgIpc) is 2.81.